The molecule has 1 saturated carbocycles. The Morgan fingerprint density at radius 1 is 1.15 bits per heavy atom. The van der Waals surface area contributed by atoms with Gasteiger partial charge >= 0.3 is 0 Å². The summed E-state index contributed by atoms with van der Waals surface area (Å²) in [5.74, 6) is -1.45. The fraction of sp³-hybridized carbons (Fsp3) is 0.577. The fourth-order valence-corrected chi connectivity index (χ4v) is 6.19. The molecule has 13 nitrogen and oxygen atoms in total. The van der Waals surface area contributed by atoms with Crippen molar-refractivity contribution in [1.29, 1.82) is 0 Å². The molecule has 218 valence electrons. The number of hydrogen-bond donors (Lipinski definition) is 4. The summed E-state index contributed by atoms with van der Waals surface area (Å²) in [5, 5.41) is 26.5. The van der Waals surface area contributed by atoms with Crippen LogP contribution in [-0.4, -0.2) is 69.8 Å². The Bertz CT molecular complexity index is 1350. The van der Waals surface area contributed by atoms with E-state index >= 15 is 0 Å². The highest BCUT2D eigenvalue weighted by atomic mass is 32.2. The average molecular weight is 576 g/mol. The van der Waals surface area contributed by atoms with E-state index in [1.165, 1.54) is 40.0 Å². The van der Waals surface area contributed by atoms with Crippen molar-refractivity contribution in [3.05, 3.63) is 41.7 Å². The topological polar surface area (TPSA) is 204 Å². The average Bonchev–Trinajstić information content (AvgIpc) is 3.56. The third-order valence-electron chi connectivity index (χ3n) is 7.78. The van der Waals surface area contributed by atoms with Gasteiger partial charge in [-0.05, 0) is 50.5 Å². The Balaban J connectivity index is 1.59. The molecule has 6 N–H and O–H groups in total. The monoisotopic (exact) mass is 575 g/mol. The number of aliphatic hydroxyl groups is 1. The van der Waals surface area contributed by atoms with E-state index in [1.54, 1.807) is 13.8 Å². The van der Waals surface area contributed by atoms with Gasteiger partial charge in [-0.3, -0.25) is 14.4 Å². The van der Waals surface area contributed by atoms with Gasteiger partial charge in [-0.15, -0.1) is 5.10 Å². The molecule has 1 aliphatic heterocycles. The van der Waals surface area contributed by atoms with E-state index in [-0.39, 0.29) is 29.3 Å². The molecule has 40 heavy (non-hydrogen) atoms. The number of carbonyl (C=O) groups excluding carboxylic acids is 3. The minimum Gasteiger partial charge on any atom is -0.384 e. The second-order valence-corrected chi connectivity index (χ2v) is 12.8. The molecule has 0 bridgehead atoms. The van der Waals surface area contributed by atoms with Crippen LogP contribution in [0, 0.1) is 5.92 Å². The number of sulfonamides is 1. The summed E-state index contributed by atoms with van der Waals surface area (Å²) < 4.78 is 24.7. The SMILES string of the molecule is CC(C)(O)c1cnnn1C1CC(C(N)=O)N(C(=O)[C@@H](CC2CCCCC2)NC(=O)c2ccc(S(N)(=O)=O)cc2)C1. The number of rotatable bonds is 9. The standard InChI is InChI=1S/C26H37N7O6S/c1-26(2,37)22-14-29-31-33(22)18-13-21(23(27)34)32(15-18)25(36)20(12-16-6-4-3-5-7-16)30-24(35)17-8-10-19(11-9-17)40(28,38)39/h8-11,14,16,18,20-21,37H,3-7,12-13,15H2,1-2H3,(H2,27,34)(H,30,35)(H2,28,38,39)/t18?,20-,21?/m1/s1. The summed E-state index contributed by atoms with van der Waals surface area (Å²) in [5.41, 5.74) is 5.07. The van der Waals surface area contributed by atoms with E-state index in [1.807, 2.05) is 0 Å². The van der Waals surface area contributed by atoms with Crippen LogP contribution in [0.4, 0.5) is 0 Å². The minimum absolute atomic E-state index is 0.0962. The Morgan fingerprint density at radius 2 is 1.80 bits per heavy atom. The largest absolute Gasteiger partial charge is 0.384 e. The van der Waals surface area contributed by atoms with Crippen LogP contribution in [0.25, 0.3) is 0 Å². The first-order valence-corrected chi connectivity index (χ1v) is 15.0. The van der Waals surface area contributed by atoms with Crippen LogP contribution in [0.15, 0.2) is 35.4 Å². The molecule has 0 radical (unpaired) electrons. The number of carbonyl (C=O) groups is 3. The van der Waals surface area contributed by atoms with Gasteiger partial charge < -0.3 is 21.1 Å². The number of primary amides is 1. The molecule has 1 aliphatic carbocycles. The highest BCUT2D eigenvalue weighted by molar-refractivity contribution is 7.89. The van der Waals surface area contributed by atoms with Gasteiger partial charge in [0.1, 0.15) is 17.7 Å². The summed E-state index contributed by atoms with van der Waals surface area (Å²) in [6.07, 6.45) is 7.08. The Labute approximate surface area is 233 Å². The molecular formula is C26H37N7O6S. The van der Waals surface area contributed by atoms with E-state index in [9.17, 15) is 27.9 Å². The van der Waals surface area contributed by atoms with Gasteiger partial charge in [0.2, 0.25) is 21.8 Å². The van der Waals surface area contributed by atoms with Crippen LogP contribution in [0.3, 0.4) is 0 Å². The number of likely N-dealkylation sites (tertiary alicyclic amines) is 1. The normalized spacial score (nSPS) is 21.2. The lowest BCUT2D eigenvalue weighted by Crippen LogP contribution is -2.53. The molecule has 3 atom stereocenters. The fourth-order valence-electron chi connectivity index (χ4n) is 5.67. The van der Waals surface area contributed by atoms with Gasteiger partial charge in [0.05, 0.1) is 22.8 Å². The van der Waals surface area contributed by atoms with E-state index in [0.717, 1.165) is 32.1 Å². The number of amides is 3. The van der Waals surface area contributed by atoms with E-state index in [4.69, 9.17) is 10.9 Å². The van der Waals surface area contributed by atoms with Crippen LogP contribution in [0.5, 0.6) is 0 Å². The molecule has 2 heterocycles. The number of nitrogens with two attached hydrogens (primary N) is 2. The Kier molecular flexibility index (Phi) is 8.61. The van der Waals surface area contributed by atoms with Gasteiger partial charge in [-0.25, -0.2) is 18.2 Å². The zero-order valence-corrected chi connectivity index (χ0v) is 23.5. The van der Waals surface area contributed by atoms with Crippen LogP contribution in [-0.2, 0) is 25.2 Å². The van der Waals surface area contributed by atoms with Gasteiger partial charge in [0.15, 0.2) is 0 Å². The lowest BCUT2D eigenvalue weighted by atomic mass is 9.84. The first-order chi connectivity index (χ1) is 18.8. The van der Waals surface area contributed by atoms with Gasteiger partial charge in [0.25, 0.3) is 5.91 Å². The zero-order chi connectivity index (χ0) is 29.2. The number of aromatic nitrogens is 3. The number of nitrogens with zero attached hydrogens (tertiary/aromatic N) is 4. The summed E-state index contributed by atoms with van der Waals surface area (Å²) in [6, 6.07) is 2.80. The van der Waals surface area contributed by atoms with E-state index in [2.05, 4.69) is 15.6 Å². The van der Waals surface area contributed by atoms with Crippen molar-refractivity contribution in [1.82, 2.24) is 25.2 Å². The first-order valence-electron chi connectivity index (χ1n) is 13.4. The third kappa shape index (κ3) is 6.67. The summed E-state index contributed by atoms with van der Waals surface area (Å²) in [4.78, 5) is 40.9. The summed E-state index contributed by atoms with van der Waals surface area (Å²) in [7, 11) is -3.93. The quantitative estimate of drug-likeness (QED) is 0.331. The maximum atomic E-state index is 14.0. The number of benzene rings is 1. The van der Waals surface area contributed by atoms with Crippen LogP contribution in [0.2, 0.25) is 0 Å². The van der Waals surface area contributed by atoms with Gasteiger partial charge in [-0.2, -0.15) is 0 Å². The molecule has 2 unspecified atom stereocenters. The van der Waals surface area contributed by atoms with Crippen LogP contribution >= 0.6 is 0 Å². The summed E-state index contributed by atoms with van der Waals surface area (Å²) in [6.45, 7) is 3.28. The van der Waals surface area contributed by atoms with Crippen molar-refractivity contribution >= 4 is 27.7 Å². The highest BCUT2D eigenvalue weighted by Gasteiger charge is 2.44. The second kappa shape index (κ2) is 11.6. The number of nitrogens with one attached hydrogen (secondary N) is 1. The number of primary sulfonamides is 1. The lowest BCUT2D eigenvalue weighted by molar-refractivity contribution is -0.139. The van der Waals surface area contributed by atoms with E-state index < -0.39 is 51.5 Å². The second-order valence-electron chi connectivity index (χ2n) is 11.3. The molecule has 0 spiro atoms. The molecule has 14 heteroatoms. The molecule has 2 aliphatic rings. The third-order valence-corrected chi connectivity index (χ3v) is 8.71. The molecule has 2 fully saturated rings. The molecular weight excluding hydrogens is 538 g/mol. The zero-order valence-electron chi connectivity index (χ0n) is 22.7. The summed E-state index contributed by atoms with van der Waals surface area (Å²) >= 11 is 0. The van der Waals surface area contributed by atoms with E-state index in [0.29, 0.717) is 12.1 Å². The predicted octanol–water partition coefficient (Wildman–Crippen LogP) is 0.549. The van der Waals surface area contributed by atoms with Crippen molar-refractivity contribution in [3.8, 4) is 0 Å². The Hall–Kier alpha value is -3.36. The maximum absolute atomic E-state index is 14.0. The van der Waals surface area contributed by atoms with Crippen molar-refractivity contribution in [2.45, 2.75) is 87.4 Å². The molecule has 1 saturated heterocycles. The van der Waals surface area contributed by atoms with Crippen molar-refractivity contribution in [3.63, 3.8) is 0 Å². The first kappa shape index (κ1) is 29.6. The highest BCUT2D eigenvalue weighted by Crippen LogP contribution is 2.33. The lowest BCUT2D eigenvalue weighted by Gasteiger charge is -2.31. The van der Waals surface area contributed by atoms with Gasteiger partial charge in [0, 0.05) is 18.5 Å². The van der Waals surface area contributed by atoms with Crippen molar-refractivity contribution in [2.24, 2.45) is 16.8 Å². The molecule has 1 aromatic heterocycles. The van der Waals surface area contributed by atoms with Crippen molar-refractivity contribution in [2.75, 3.05) is 6.54 Å². The molecule has 3 amide bonds. The number of hydrogen-bond acceptors (Lipinski definition) is 8. The molecule has 1 aromatic carbocycles. The Morgan fingerprint density at radius 3 is 2.38 bits per heavy atom. The van der Waals surface area contributed by atoms with Gasteiger partial charge in [-0.1, -0.05) is 37.3 Å². The smallest absolute Gasteiger partial charge is 0.251 e. The maximum Gasteiger partial charge on any atom is 0.251 e. The van der Waals surface area contributed by atoms with Crippen molar-refractivity contribution < 1.29 is 27.9 Å². The van der Waals surface area contributed by atoms with Crippen LogP contribution in [0.1, 0.15) is 80.9 Å². The minimum atomic E-state index is -3.93. The molecule has 4 rings (SSSR count). The predicted molar refractivity (Wildman–Crippen MR) is 144 cm³/mol. The van der Waals surface area contributed by atoms with Crippen LogP contribution < -0.4 is 16.2 Å². The molecule has 2 aromatic rings.